The first-order valence-corrected chi connectivity index (χ1v) is 7.23. The van der Waals surface area contributed by atoms with Gasteiger partial charge < -0.3 is 15.0 Å². The molecule has 1 aliphatic heterocycles. The second-order valence-corrected chi connectivity index (χ2v) is 5.54. The van der Waals surface area contributed by atoms with Crippen LogP contribution in [0.5, 0.6) is 0 Å². The molecule has 0 atom stereocenters. The maximum absolute atomic E-state index is 12.2. The summed E-state index contributed by atoms with van der Waals surface area (Å²) in [5.41, 5.74) is 0.258. The van der Waals surface area contributed by atoms with Crippen molar-refractivity contribution in [2.24, 2.45) is 5.92 Å². The molecule has 2 heterocycles. The van der Waals surface area contributed by atoms with Crippen LogP contribution in [-0.2, 0) is 6.54 Å². The first kappa shape index (κ1) is 16.5. The molecule has 1 fully saturated rings. The summed E-state index contributed by atoms with van der Waals surface area (Å²) in [5, 5.41) is 13.0. The van der Waals surface area contributed by atoms with Crippen LogP contribution in [0.2, 0.25) is 0 Å². The van der Waals surface area contributed by atoms with Gasteiger partial charge in [-0.15, -0.1) is 12.4 Å². The first-order chi connectivity index (χ1) is 10.2. The molecule has 5 nitrogen and oxygen atoms in total. The molecule has 1 aliphatic rings. The number of aromatic nitrogens is 1. The molecule has 22 heavy (non-hydrogen) atoms. The summed E-state index contributed by atoms with van der Waals surface area (Å²) in [6, 6.07) is 7.22. The molecule has 2 N–H and O–H groups in total. The average Bonchev–Trinajstić information content (AvgIpc) is 2.51. The van der Waals surface area contributed by atoms with Crippen LogP contribution in [-0.4, -0.2) is 28.7 Å². The van der Waals surface area contributed by atoms with E-state index in [0.717, 1.165) is 38.0 Å². The van der Waals surface area contributed by atoms with Gasteiger partial charge in [-0.2, -0.15) is 0 Å². The smallest absolute Gasteiger partial charge is 0.341 e. The zero-order valence-electron chi connectivity index (χ0n) is 12.1. The number of fused-ring (bicyclic) bond motifs is 1. The fraction of sp³-hybridized carbons (Fsp3) is 0.375. The van der Waals surface area contributed by atoms with Crippen LogP contribution in [0.1, 0.15) is 23.2 Å². The van der Waals surface area contributed by atoms with Crippen molar-refractivity contribution < 1.29 is 9.90 Å². The average molecular weight is 323 g/mol. The summed E-state index contributed by atoms with van der Waals surface area (Å²) in [6.07, 6.45) is 3.64. The normalized spacial score (nSPS) is 15.5. The Balaban J connectivity index is 0.00000176. The predicted molar refractivity (Wildman–Crippen MR) is 88.0 cm³/mol. The molecular weight excluding hydrogens is 304 g/mol. The highest BCUT2D eigenvalue weighted by atomic mass is 35.5. The number of carboxylic acids is 1. The Bertz CT molecular complexity index is 736. The second-order valence-electron chi connectivity index (χ2n) is 5.54. The molecule has 2 aromatic rings. The molecule has 0 aliphatic carbocycles. The van der Waals surface area contributed by atoms with E-state index in [1.165, 1.54) is 6.20 Å². The zero-order valence-corrected chi connectivity index (χ0v) is 12.9. The SMILES string of the molecule is Cl.O=C(O)c1cn(CC2CCNCC2)c2ccccc2c1=O. The summed E-state index contributed by atoms with van der Waals surface area (Å²) in [4.78, 5) is 23.5. The molecule has 118 valence electrons. The predicted octanol–water partition coefficient (Wildman–Crippen LogP) is 2.12. The maximum atomic E-state index is 12.2. The summed E-state index contributed by atoms with van der Waals surface area (Å²) >= 11 is 0. The van der Waals surface area contributed by atoms with Gasteiger partial charge in [-0.1, -0.05) is 12.1 Å². The van der Waals surface area contributed by atoms with Crippen molar-refractivity contribution in [3.05, 3.63) is 46.2 Å². The van der Waals surface area contributed by atoms with Gasteiger partial charge in [0, 0.05) is 18.1 Å². The van der Waals surface area contributed by atoms with Crippen LogP contribution in [0.4, 0.5) is 0 Å². The van der Waals surface area contributed by atoms with Crippen LogP contribution < -0.4 is 10.7 Å². The quantitative estimate of drug-likeness (QED) is 0.908. The molecule has 6 heteroatoms. The molecule has 0 bridgehead atoms. The van der Waals surface area contributed by atoms with Crippen LogP contribution >= 0.6 is 12.4 Å². The number of carboxylic acid groups (broad SMARTS) is 1. The van der Waals surface area contributed by atoms with Crippen molar-refractivity contribution in [1.82, 2.24) is 9.88 Å². The highest BCUT2D eigenvalue weighted by Gasteiger charge is 2.18. The number of rotatable bonds is 3. The van der Waals surface area contributed by atoms with Crippen LogP contribution in [0.15, 0.2) is 35.3 Å². The molecular formula is C16H19ClN2O3. The highest BCUT2D eigenvalue weighted by molar-refractivity contribution is 5.92. The van der Waals surface area contributed by atoms with Gasteiger partial charge in [-0.25, -0.2) is 4.79 Å². The number of benzene rings is 1. The van der Waals surface area contributed by atoms with E-state index in [4.69, 9.17) is 0 Å². The summed E-state index contributed by atoms with van der Waals surface area (Å²) in [5.74, 6) is -0.649. The molecule has 0 unspecified atom stereocenters. The number of para-hydroxylation sites is 1. The molecule has 0 spiro atoms. The van der Waals surface area contributed by atoms with E-state index in [9.17, 15) is 14.7 Å². The van der Waals surface area contributed by atoms with Crippen molar-refractivity contribution in [3.8, 4) is 0 Å². The maximum Gasteiger partial charge on any atom is 0.341 e. The molecule has 0 amide bonds. The Hall–Kier alpha value is -1.85. The van der Waals surface area contributed by atoms with Crippen molar-refractivity contribution in [3.63, 3.8) is 0 Å². The fourth-order valence-electron chi connectivity index (χ4n) is 2.99. The topological polar surface area (TPSA) is 71.3 Å². The van der Waals surface area contributed by atoms with Gasteiger partial charge in [0.05, 0.1) is 5.52 Å². The summed E-state index contributed by atoms with van der Waals surface area (Å²) in [7, 11) is 0. The van der Waals surface area contributed by atoms with Crippen molar-refractivity contribution in [2.75, 3.05) is 13.1 Å². The minimum absolute atomic E-state index is 0. The Kier molecular flexibility index (Phi) is 5.21. The lowest BCUT2D eigenvalue weighted by Crippen LogP contribution is -2.30. The Labute approximate surface area is 134 Å². The lowest BCUT2D eigenvalue weighted by Gasteiger charge is -2.24. The zero-order chi connectivity index (χ0) is 14.8. The molecule has 1 saturated heterocycles. The van der Waals surface area contributed by atoms with Crippen molar-refractivity contribution in [1.29, 1.82) is 0 Å². The minimum Gasteiger partial charge on any atom is -0.477 e. The van der Waals surface area contributed by atoms with Gasteiger partial charge in [0.2, 0.25) is 5.43 Å². The summed E-state index contributed by atoms with van der Waals surface area (Å²) in [6.45, 7) is 2.74. The molecule has 3 rings (SSSR count). The molecule has 0 radical (unpaired) electrons. The number of nitrogens with one attached hydrogen (secondary N) is 1. The van der Waals surface area contributed by atoms with Crippen molar-refractivity contribution >= 4 is 29.3 Å². The number of hydrogen-bond acceptors (Lipinski definition) is 3. The van der Waals surface area contributed by atoms with E-state index < -0.39 is 11.4 Å². The third-order valence-electron chi connectivity index (χ3n) is 4.13. The van der Waals surface area contributed by atoms with Gasteiger partial charge >= 0.3 is 5.97 Å². The monoisotopic (exact) mass is 322 g/mol. The van der Waals surface area contributed by atoms with E-state index >= 15 is 0 Å². The van der Waals surface area contributed by atoms with Gasteiger partial charge in [-0.3, -0.25) is 4.79 Å². The third kappa shape index (κ3) is 3.15. The largest absolute Gasteiger partial charge is 0.477 e. The number of carbonyl (C=O) groups is 1. The number of aromatic carboxylic acids is 1. The third-order valence-corrected chi connectivity index (χ3v) is 4.13. The summed E-state index contributed by atoms with van der Waals surface area (Å²) < 4.78 is 1.93. The van der Waals surface area contributed by atoms with Crippen LogP contribution in [0.25, 0.3) is 10.9 Å². The molecule has 0 saturated carbocycles. The van der Waals surface area contributed by atoms with Crippen LogP contribution in [0, 0.1) is 5.92 Å². The van der Waals surface area contributed by atoms with Crippen LogP contribution in [0.3, 0.4) is 0 Å². The lowest BCUT2D eigenvalue weighted by atomic mass is 9.97. The number of hydrogen-bond donors (Lipinski definition) is 2. The number of piperidine rings is 1. The Morgan fingerprint density at radius 1 is 1.27 bits per heavy atom. The van der Waals surface area contributed by atoms with Gasteiger partial charge in [-0.05, 0) is 44.0 Å². The van der Waals surface area contributed by atoms with Gasteiger partial charge in [0.25, 0.3) is 0 Å². The van der Waals surface area contributed by atoms with E-state index in [1.807, 2.05) is 16.7 Å². The van der Waals surface area contributed by atoms with E-state index in [2.05, 4.69) is 5.32 Å². The minimum atomic E-state index is -1.16. The van der Waals surface area contributed by atoms with Gasteiger partial charge in [0.15, 0.2) is 0 Å². The van der Waals surface area contributed by atoms with Crippen molar-refractivity contribution in [2.45, 2.75) is 19.4 Å². The first-order valence-electron chi connectivity index (χ1n) is 7.23. The number of pyridine rings is 1. The molecule has 1 aromatic carbocycles. The van der Waals surface area contributed by atoms with E-state index in [1.54, 1.807) is 12.1 Å². The number of halogens is 1. The Morgan fingerprint density at radius 3 is 2.64 bits per heavy atom. The fourth-order valence-corrected chi connectivity index (χ4v) is 2.99. The van der Waals surface area contributed by atoms with E-state index in [0.29, 0.717) is 11.3 Å². The molecule has 1 aromatic heterocycles. The Morgan fingerprint density at radius 2 is 1.95 bits per heavy atom. The number of nitrogens with zero attached hydrogens (tertiary/aromatic N) is 1. The standard InChI is InChI=1S/C16H18N2O3.ClH/c19-15-12-3-1-2-4-14(12)18(10-13(15)16(20)21)9-11-5-7-17-8-6-11;/h1-4,10-11,17H,5-9H2,(H,20,21);1H. The van der Waals surface area contributed by atoms with Gasteiger partial charge in [0.1, 0.15) is 5.56 Å². The lowest BCUT2D eigenvalue weighted by molar-refractivity contribution is 0.0694. The van der Waals surface area contributed by atoms with E-state index in [-0.39, 0.29) is 18.0 Å². The highest BCUT2D eigenvalue weighted by Crippen LogP contribution is 2.18. The second kappa shape index (κ2) is 6.94.